The molecule has 0 amide bonds. The highest BCUT2D eigenvalue weighted by Gasteiger charge is 2.17. The maximum absolute atomic E-state index is 12.7. The molecule has 0 fully saturated rings. The van der Waals surface area contributed by atoms with E-state index in [9.17, 15) is 18.0 Å². The van der Waals surface area contributed by atoms with Crippen LogP contribution in [-0.4, -0.2) is 46.9 Å². The number of methoxy groups -OCH3 is 2. The molecule has 0 aliphatic heterocycles. The van der Waals surface area contributed by atoms with Gasteiger partial charge < -0.3 is 20.1 Å². The summed E-state index contributed by atoms with van der Waals surface area (Å²) in [6.07, 6.45) is 0. The van der Waals surface area contributed by atoms with Crippen molar-refractivity contribution in [1.29, 1.82) is 0 Å². The average molecular weight is 508 g/mol. The van der Waals surface area contributed by atoms with E-state index < -0.39 is 21.3 Å². The van der Waals surface area contributed by atoms with Gasteiger partial charge in [-0.05, 0) is 36.5 Å². The Morgan fingerprint density at radius 1 is 0.971 bits per heavy atom. The minimum Gasteiger partial charge on any atom is -0.481 e. The van der Waals surface area contributed by atoms with Crippen LogP contribution in [0.15, 0.2) is 50.9 Å². The van der Waals surface area contributed by atoms with E-state index in [-0.39, 0.29) is 33.5 Å². The lowest BCUT2D eigenvalue weighted by Crippen LogP contribution is -2.38. The van der Waals surface area contributed by atoms with E-state index >= 15 is 0 Å². The Bertz CT molecular complexity index is 1430. The fraction of sp³-hybridized carbons (Fsp3) is 0.211. The molecular formula is C19H21N7O6S2. The van der Waals surface area contributed by atoms with Crippen molar-refractivity contribution in [2.24, 2.45) is 14.1 Å². The molecule has 0 spiro atoms. The summed E-state index contributed by atoms with van der Waals surface area (Å²) >= 11 is 5.22. The number of anilines is 3. The minimum atomic E-state index is -3.98. The second kappa shape index (κ2) is 9.88. The first-order valence-corrected chi connectivity index (χ1v) is 11.4. The van der Waals surface area contributed by atoms with Gasteiger partial charge in [-0.1, -0.05) is 0 Å². The highest BCUT2D eigenvalue weighted by atomic mass is 32.2. The third-order valence-electron chi connectivity index (χ3n) is 4.50. The van der Waals surface area contributed by atoms with Gasteiger partial charge >= 0.3 is 11.7 Å². The molecule has 0 aliphatic rings. The molecule has 34 heavy (non-hydrogen) atoms. The van der Waals surface area contributed by atoms with Crippen molar-refractivity contribution >= 4 is 44.7 Å². The van der Waals surface area contributed by atoms with E-state index in [0.29, 0.717) is 5.69 Å². The summed E-state index contributed by atoms with van der Waals surface area (Å²) in [4.78, 5) is 31.7. The first-order chi connectivity index (χ1) is 16.0. The fourth-order valence-electron chi connectivity index (χ4n) is 2.70. The highest BCUT2D eigenvalue weighted by molar-refractivity contribution is 7.92. The molecule has 0 unspecified atom stereocenters. The molecule has 2 aromatic heterocycles. The van der Waals surface area contributed by atoms with Crippen molar-refractivity contribution in [3.63, 3.8) is 0 Å². The molecule has 0 atom stereocenters. The van der Waals surface area contributed by atoms with Gasteiger partial charge in [-0.3, -0.25) is 18.7 Å². The van der Waals surface area contributed by atoms with Gasteiger partial charge in [0.2, 0.25) is 5.88 Å². The smallest absolute Gasteiger partial charge is 0.332 e. The standard InChI is InChI=1S/C19H21N7O6S2/c1-25-14(10-16(27)26(2)19(25)28)22-18(33)20-11-5-7-12(8-6-11)34(29,30)24-13-9-15(31-3)23-17(21-13)32-4/h5-10H,1-4H3,(H2,20,22,33)(H,21,23,24). The Hall–Kier alpha value is -3.98. The molecular weight excluding hydrogens is 486 g/mol. The molecule has 3 aromatic rings. The zero-order valence-corrected chi connectivity index (χ0v) is 20.2. The summed E-state index contributed by atoms with van der Waals surface area (Å²) in [7, 11) is 1.60. The van der Waals surface area contributed by atoms with E-state index in [1.54, 1.807) is 0 Å². The number of thiocarbonyl (C=S) groups is 1. The molecule has 0 bridgehead atoms. The van der Waals surface area contributed by atoms with Crippen LogP contribution in [-0.2, 0) is 24.1 Å². The number of sulfonamides is 1. The summed E-state index contributed by atoms with van der Waals surface area (Å²) in [6, 6.07) is 8.18. The van der Waals surface area contributed by atoms with Crippen LogP contribution in [0.25, 0.3) is 0 Å². The lowest BCUT2D eigenvalue weighted by Gasteiger charge is -2.14. The van der Waals surface area contributed by atoms with Gasteiger partial charge in [-0.25, -0.2) is 13.2 Å². The van der Waals surface area contributed by atoms with Gasteiger partial charge in [0.15, 0.2) is 10.9 Å². The van der Waals surface area contributed by atoms with Crippen LogP contribution < -0.4 is 36.1 Å². The van der Waals surface area contributed by atoms with Crippen LogP contribution in [0.5, 0.6) is 11.9 Å². The highest BCUT2D eigenvalue weighted by Crippen LogP contribution is 2.21. The van der Waals surface area contributed by atoms with Gasteiger partial charge in [0.25, 0.3) is 15.6 Å². The Balaban J connectivity index is 1.73. The molecule has 0 radical (unpaired) electrons. The Morgan fingerprint density at radius 3 is 2.26 bits per heavy atom. The summed E-state index contributed by atoms with van der Waals surface area (Å²) in [5.74, 6) is 0.291. The monoisotopic (exact) mass is 507 g/mol. The minimum absolute atomic E-state index is 0.0316. The number of benzene rings is 1. The number of hydrogen-bond acceptors (Lipinski definition) is 9. The third kappa shape index (κ3) is 5.49. The molecule has 3 N–H and O–H groups in total. The second-order valence-corrected chi connectivity index (χ2v) is 8.85. The van der Waals surface area contributed by atoms with Gasteiger partial charge in [-0.15, -0.1) is 0 Å². The first-order valence-electron chi connectivity index (χ1n) is 9.49. The molecule has 13 nitrogen and oxygen atoms in total. The van der Waals surface area contributed by atoms with Crippen LogP contribution in [0.1, 0.15) is 0 Å². The summed E-state index contributed by atoms with van der Waals surface area (Å²) in [5, 5.41) is 5.72. The van der Waals surface area contributed by atoms with E-state index in [0.717, 1.165) is 4.57 Å². The predicted octanol–water partition coefficient (Wildman–Crippen LogP) is 0.501. The Labute approximate surface area is 199 Å². The van der Waals surface area contributed by atoms with Crippen molar-refractivity contribution in [1.82, 2.24) is 19.1 Å². The number of nitrogens with zero attached hydrogens (tertiary/aromatic N) is 4. The Morgan fingerprint density at radius 2 is 1.65 bits per heavy atom. The molecule has 15 heteroatoms. The van der Waals surface area contributed by atoms with Crippen molar-refractivity contribution in [2.75, 3.05) is 29.6 Å². The van der Waals surface area contributed by atoms with Gasteiger partial charge in [-0.2, -0.15) is 9.97 Å². The maximum atomic E-state index is 12.7. The lowest BCUT2D eigenvalue weighted by molar-refractivity contribution is 0.353. The van der Waals surface area contributed by atoms with Crippen molar-refractivity contribution < 1.29 is 17.9 Å². The number of rotatable bonds is 7. The molecule has 2 heterocycles. The number of aromatic nitrogens is 4. The van der Waals surface area contributed by atoms with Crippen LogP contribution in [0.4, 0.5) is 17.3 Å². The van der Waals surface area contributed by atoms with Crippen LogP contribution in [0, 0.1) is 0 Å². The summed E-state index contributed by atoms with van der Waals surface area (Å²) in [6.45, 7) is 0. The first kappa shape index (κ1) is 24.7. The fourth-order valence-corrected chi connectivity index (χ4v) is 3.91. The topological polar surface area (TPSA) is 158 Å². The number of nitrogens with one attached hydrogen (secondary N) is 3. The zero-order valence-electron chi connectivity index (χ0n) is 18.5. The van der Waals surface area contributed by atoms with Crippen LogP contribution in [0.2, 0.25) is 0 Å². The zero-order chi connectivity index (χ0) is 25.0. The van der Waals surface area contributed by atoms with E-state index in [1.165, 1.54) is 69.3 Å². The third-order valence-corrected chi connectivity index (χ3v) is 6.08. The van der Waals surface area contributed by atoms with E-state index in [4.69, 9.17) is 21.7 Å². The molecule has 0 saturated carbocycles. The van der Waals surface area contributed by atoms with Crippen LogP contribution in [0.3, 0.4) is 0 Å². The second-order valence-electron chi connectivity index (χ2n) is 6.76. The van der Waals surface area contributed by atoms with Crippen molar-refractivity contribution in [2.45, 2.75) is 4.90 Å². The molecule has 1 aromatic carbocycles. The largest absolute Gasteiger partial charge is 0.481 e. The SMILES string of the molecule is COc1cc(NS(=O)(=O)c2ccc(NC(=S)Nc3cc(=O)n(C)c(=O)n3C)cc2)nc(OC)n1. The molecule has 0 saturated heterocycles. The van der Waals surface area contributed by atoms with Gasteiger partial charge in [0.05, 0.1) is 19.1 Å². The van der Waals surface area contributed by atoms with Gasteiger partial charge in [0, 0.05) is 31.9 Å². The summed E-state index contributed by atoms with van der Waals surface area (Å²) < 4.78 is 39.9. The summed E-state index contributed by atoms with van der Waals surface area (Å²) in [5.41, 5.74) is -0.538. The van der Waals surface area contributed by atoms with E-state index in [1.807, 2.05) is 0 Å². The number of hydrogen-bond donors (Lipinski definition) is 3. The molecule has 3 rings (SSSR count). The van der Waals surface area contributed by atoms with Crippen molar-refractivity contribution in [3.05, 3.63) is 57.2 Å². The Kier molecular flexibility index (Phi) is 7.17. The molecule has 0 aliphatic carbocycles. The van der Waals surface area contributed by atoms with Gasteiger partial charge in [0.1, 0.15) is 5.82 Å². The van der Waals surface area contributed by atoms with E-state index in [2.05, 4.69) is 25.3 Å². The number of ether oxygens (including phenoxy) is 2. The lowest BCUT2D eigenvalue weighted by atomic mass is 10.3. The molecule has 180 valence electrons. The maximum Gasteiger partial charge on any atom is 0.332 e. The van der Waals surface area contributed by atoms with Crippen molar-refractivity contribution in [3.8, 4) is 11.9 Å². The predicted molar refractivity (Wildman–Crippen MR) is 129 cm³/mol. The van der Waals surface area contributed by atoms with Crippen LogP contribution >= 0.6 is 12.2 Å². The normalized spacial score (nSPS) is 10.9. The average Bonchev–Trinajstić information content (AvgIpc) is 2.80. The quantitative estimate of drug-likeness (QED) is 0.382.